The summed E-state index contributed by atoms with van der Waals surface area (Å²) in [4.78, 5) is 0. The molecule has 1 unspecified atom stereocenters. The van der Waals surface area contributed by atoms with Crippen molar-refractivity contribution >= 4 is 11.0 Å². The summed E-state index contributed by atoms with van der Waals surface area (Å²) in [6, 6.07) is 10.1. The Labute approximate surface area is 146 Å². The predicted molar refractivity (Wildman–Crippen MR) is 90.4 cm³/mol. The van der Waals surface area contributed by atoms with Crippen molar-refractivity contribution in [3.63, 3.8) is 0 Å². The molecule has 0 saturated heterocycles. The van der Waals surface area contributed by atoms with Gasteiger partial charge in [0, 0.05) is 18.5 Å². The van der Waals surface area contributed by atoms with E-state index in [2.05, 4.69) is 6.58 Å². The summed E-state index contributed by atoms with van der Waals surface area (Å²) < 4.78 is 57.1. The Bertz CT molecular complexity index is 803. The molecule has 132 valence electrons. The van der Waals surface area contributed by atoms with Crippen LogP contribution in [0.15, 0.2) is 54.5 Å². The number of fused-ring (bicyclic) bond motifs is 1. The van der Waals surface area contributed by atoms with Gasteiger partial charge in [-0.3, -0.25) is 0 Å². The highest BCUT2D eigenvalue weighted by atomic mass is 32.2. The van der Waals surface area contributed by atoms with E-state index in [1.807, 2.05) is 12.1 Å². The summed E-state index contributed by atoms with van der Waals surface area (Å²) in [6.07, 6.45) is -3.59. The van der Waals surface area contributed by atoms with Gasteiger partial charge in [-0.2, -0.15) is 13.2 Å². The molecule has 2 aromatic rings. The van der Waals surface area contributed by atoms with Crippen LogP contribution in [0, 0.1) is 0 Å². The molecule has 25 heavy (non-hydrogen) atoms. The quantitative estimate of drug-likeness (QED) is 0.786. The van der Waals surface area contributed by atoms with Gasteiger partial charge in [0.15, 0.2) is 0 Å². The largest absolute Gasteiger partial charge is 0.457 e. The van der Waals surface area contributed by atoms with E-state index in [0.29, 0.717) is 24.6 Å². The van der Waals surface area contributed by atoms with Crippen LogP contribution in [0.2, 0.25) is 0 Å². The molecule has 0 radical (unpaired) electrons. The van der Waals surface area contributed by atoms with E-state index in [0.717, 1.165) is 29.7 Å². The molecule has 1 heterocycles. The first-order valence-electron chi connectivity index (χ1n) is 7.62. The Morgan fingerprint density at radius 1 is 1.08 bits per heavy atom. The van der Waals surface area contributed by atoms with Crippen LogP contribution in [0.3, 0.4) is 0 Å². The zero-order chi connectivity index (χ0) is 18.0. The summed E-state index contributed by atoms with van der Waals surface area (Å²) in [6.45, 7) is 4.74. The van der Waals surface area contributed by atoms with Crippen molar-refractivity contribution in [2.24, 2.45) is 0 Å². The van der Waals surface area contributed by atoms with Crippen LogP contribution in [0.4, 0.5) is 13.2 Å². The first-order valence-corrected chi connectivity index (χ1v) is 8.79. The standard InChI is InChI=1S/C18H16F3NO2S/c1-2-25(23)22-10-9-13-3-6-17(11-14(13)12-22)24-16-7-4-15(5-8-16)18(19,20)21/h2-8,11H,1,9-10,12H2. The molecule has 0 N–H and O–H groups in total. The maximum Gasteiger partial charge on any atom is 0.416 e. The number of alkyl halides is 3. The molecule has 0 aliphatic carbocycles. The average Bonchev–Trinajstić information content (AvgIpc) is 2.60. The van der Waals surface area contributed by atoms with E-state index < -0.39 is 22.7 Å². The number of hydrogen-bond acceptors (Lipinski definition) is 2. The third-order valence-electron chi connectivity index (χ3n) is 3.97. The highest BCUT2D eigenvalue weighted by Crippen LogP contribution is 2.32. The summed E-state index contributed by atoms with van der Waals surface area (Å²) in [7, 11) is -1.23. The predicted octanol–water partition coefficient (Wildman–Crippen LogP) is 4.66. The molecular formula is C18H16F3NO2S. The van der Waals surface area contributed by atoms with Crippen LogP contribution in [0.25, 0.3) is 0 Å². The summed E-state index contributed by atoms with van der Waals surface area (Å²) in [5.74, 6) is 0.861. The third-order valence-corrected chi connectivity index (χ3v) is 5.08. The maximum absolute atomic E-state index is 12.6. The molecule has 1 aliphatic rings. The molecule has 0 amide bonds. The van der Waals surface area contributed by atoms with Crippen LogP contribution >= 0.6 is 0 Å². The van der Waals surface area contributed by atoms with Gasteiger partial charge in [-0.05, 0) is 53.9 Å². The van der Waals surface area contributed by atoms with Gasteiger partial charge >= 0.3 is 6.18 Å². The lowest BCUT2D eigenvalue weighted by atomic mass is 10.0. The Morgan fingerprint density at radius 2 is 1.76 bits per heavy atom. The van der Waals surface area contributed by atoms with Gasteiger partial charge in [0.2, 0.25) is 0 Å². The number of benzene rings is 2. The molecule has 3 nitrogen and oxygen atoms in total. The average molecular weight is 367 g/mol. The van der Waals surface area contributed by atoms with Crippen molar-refractivity contribution in [1.82, 2.24) is 4.31 Å². The normalized spacial score (nSPS) is 16.1. The monoisotopic (exact) mass is 367 g/mol. The Kier molecular flexibility index (Phi) is 4.96. The lowest BCUT2D eigenvalue weighted by Gasteiger charge is -2.26. The highest BCUT2D eigenvalue weighted by molar-refractivity contribution is 7.85. The Balaban J connectivity index is 1.76. The van der Waals surface area contributed by atoms with E-state index >= 15 is 0 Å². The van der Waals surface area contributed by atoms with Gasteiger partial charge < -0.3 is 4.74 Å². The van der Waals surface area contributed by atoms with Crippen molar-refractivity contribution < 1.29 is 22.1 Å². The minimum atomic E-state index is -4.37. The molecule has 0 spiro atoms. The van der Waals surface area contributed by atoms with Crippen molar-refractivity contribution in [1.29, 1.82) is 0 Å². The highest BCUT2D eigenvalue weighted by Gasteiger charge is 2.30. The number of ether oxygens (including phenoxy) is 1. The molecule has 0 bridgehead atoms. The van der Waals surface area contributed by atoms with Crippen molar-refractivity contribution in [3.05, 3.63) is 71.1 Å². The lowest BCUT2D eigenvalue weighted by Crippen LogP contribution is -2.31. The molecule has 3 rings (SSSR count). The molecule has 0 saturated carbocycles. The molecule has 1 aliphatic heterocycles. The topological polar surface area (TPSA) is 29.5 Å². The molecular weight excluding hydrogens is 351 g/mol. The number of halogens is 3. The Morgan fingerprint density at radius 3 is 2.40 bits per heavy atom. The van der Waals surface area contributed by atoms with Crippen LogP contribution in [-0.2, 0) is 30.1 Å². The van der Waals surface area contributed by atoms with Crippen LogP contribution in [0.5, 0.6) is 11.5 Å². The van der Waals surface area contributed by atoms with Gasteiger partial charge in [0.05, 0.1) is 5.56 Å². The molecule has 7 heteroatoms. The molecule has 0 fully saturated rings. The fourth-order valence-electron chi connectivity index (χ4n) is 2.68. The van der Waals surface area contributed by atoms with Crippen molar-refractivity contribution in [2.45, 2.75) is 19.1 Å². The van der Waals surface area contributed by atoms with E-state index in [9.17, 15) is 17.4 Å². The van der Waals surface area contributed by atoms with Gasteiger partial charge in [-0.1, -0.05) is 12.6 Å². The number of hydrogen-bond donors (Lipinski definition) is 0. The second kappa shape index (κ2) is 7.01. The third kappa shape index (κ3) is 4.11. The summed E-state index contributed by atoms with van der Waals surface area (Å²) in [5.41, 5.74) is 1.43. The molecule has 1 atom stereocenters. The van der Waals surface area contributed by atoms with E-state index in [1.165, 1.54) is 17.5 Å². The van der Waals surface area contributed by atoms with Crippen LogP contribution in [-0.4, -0.2) is 15.1 Å². The van der Waals surface area contributed by atoms with Crippen molar-refractivity contribution in [3.8, 4) is 11.5 Å². The minimum absolute atomic E-state index is 0.329. The lowest BCUT2D eigenvalue weighted by molar-refractivity contribution is -0.137. The first kappa shape index (κ1) is 17.7. The fraction of sp³-hybridized carbons (Fsp3) is 0.222. The number of nitrogens with zero attached hydrogens (tertiary/aromatic N) is 1. The zero-order valence-corrected chi connectivity index (χ0v) is 14.1. The number of rotatable bonds is 4. The second-order valence-corrected chi connectivity index (χ2v) is 7.01. The van der Waals surface area contributed by atoms with Gasteiger partial charge in [-0.15, -0.1) is 0 Å². The SMILES string of the molecule is C=CS(=O)N1CCc2ccc(Oc3ccc(C(F)(F)F)cc3)cc2C1. The molecule has 0 aromatic heterocycles. The summed E-state index contributed by atoms with van der Waals surface area (Å²) >= 11 is 0. The maximum atomic E-state index is 12.6. The smallest absolute Gasteiger partial charge is 0.416 e. The Hall–Kier alpha value is -2.12. The first-order chi connectivity index (χ1) is 11.9. The van der Waals surface area contributed by atoms with Gasteiger partial charge in [-0.25, -0.2) is 8.51 Å². The second-order valence-electron chi connectivity index (χ2n) is 5.61. The van der Waals surface area contributed by atoms with Crippen LogP contribution in [0.1, 0.15) is 16.7 Å². The van der Waals surface area contributed by atoms with E-state index in [4.69, 9.17) is 4.74 Å². The summed E-state index contributed by atoms with van der Waals surface area (Å²) in [5, 5.41) is 1.40. The molecule has 2 aromatic carbocycles. The van der Waals surface area contributed by atoms with Gasteiger partial charge in [0.1, 0.15) is 22.5 Å². The van der Waals surface area contributed by atoms with Crippen molar-refractivity contribution in [2.75, 3.05) is 6.54 Å². The van der Waals surface area contributed by atoms with E-state index in [1.54, 1.807) is 10.4 Å². The minimum Gasteiger partial charge on any atom is -0.457 e. The van der Waals surface area contributed by atoms with Gasteiger partial charge in [0.25, 0.3) is 0 Å². The van der Waals surface area contributed by atoms with E-state index in [-0.39, 0.29) is 0 Å². The van der Waals surface area contributed by atoms with Crippen LogP contribution < -0.4 is 4.74 Å². The zero-order valence-electron chi connectivity index (χ0n) is 13.3. The fourth-order valence-corrected chi connectivity index (χ4v) is 3.43.